The Morgan fingerprint density at radius 2 is 0.518 bits per heavy atom. The van der Waals surface area contributed by atoms with Crippen LogP contribution in [0.3, 0.4) is 0 Å². The first-order valence-electron chi connectivity index (χ1n) is 37.1. The summed E-state index contributed by atoms with van der Waals surface area (Å²) < 4.78 is 0. The molecule has 8 heterocycles. The Kier molecular flexibility index (Phi) is 14.5. The zero-order valence-corrected chi connectivity index (χ0v) is 59.2. The number of hydrogen-bond acceptors (Lipinski definition) is 8. The highest BCUT2D eigenvalue weighted by Gasteiger charge is 2.19. The van der Waals surface area contributed by atoms with Gasteiger partial charge in [-0.15, -0.1) is 0 Å². The van der Waals surface area contributed by atoms with Gasteiger partial charge in [-0.25, -0.2) is 29.9 Å². The van der Waals surface area contributed by atoms with Crippen LogP contribution in [0.15, 0.2) is 364 Å². The average molecular weight is 1400 g/mol. The molecule has 8 aromatic heterocycles. The molecular formula is C102H60N8. The van der Waals surface area contributed by atoms with Gasteiger partial charge in [0.05, 0.1) is 78.3 Å². The number of fused-ring (bicyclic) bond motifs is 12. The molecule has 0 saturated heterocycles. The topological polar surface area (TPSA) is 103 Å². The highest BCUT2D eigenvalue weighted by Crippen LogP contribution is 2.43. The van der Waals surface area contributed by atoms with Crippen LogP contribution in [0.2, 0.25) is 0 Å². The van der Waals surface area contributed by atoms with E-state index < -0.39 is 0 Å². The third kappa shape index (κ3) is 10.8. The Morgan fingerprint density at radius 3 is 1.12 bits per heavy atom. The number of aromatic nitrogens is 8. The molecule has 0 unspecified atom stereocenters. The van der Waals surface area contributed by atoms with E-state index in [0.29, 0.717) is 0 Å². The van der Waals surface area contributed by atoms with E-state index in [-0.39, 0.29) is 0 Å². The maximum Gasteiger partial charge on any atom is 0.0972 e. The van der Waals surface area contributed by atoms with E-state index in [4.69, 9.17) is 29.9 Å². The second-order valence-electron chi connectivity index (χ2n) is 28.6. The van der Waals surface area contributed by atoms with Crippen molar-refractivity contribution in [3.63, 3.8) is 0 Å². The summed E-state index contributed by atoms with van der Waals surface area (Å²) in [5.74, 6) is 0. The molecule has 0 N–H and O–H groups in total. The lowest BCUT2D eigenvalue weighted by Crippen LogP contribution is -1.92. The lowest BCUT2D eigenvalue weighted by Gasteiger charge is -2.15. The van der Waals surface area contributed by atoms with Crippen LogP contribution in [-0.4, -0.2) is 39.9 Å². The van der Waals surface area contributed by atoms with Gasteiger partial charge in [0, 0.05) is 88.9 Å². The molecule has 0 amide bonds. The van der Waals surface area contributed by atoms with E-state index in [2.05, 4.69) is 331 Å². The van der Waals surface area contributed by atoms with Crippen LogP contribution in [-0.2, 0) is 0 Å². The van der Waals surface area contributed by atoms with Gasteiger partial charge in [-0.05, 0) is 179 Å². The molecule has 0 aliphatic carbocycles. The summed E-state index contributed by atoms with van der Waals surface area (Å²) in [6.07, 6.45) is 3.67. The van der Waals surface area contributed by atoms with Gasteiger partial charge in [0.25, 0.3) is 0 Å². The maximum absolute atomic E-state index is 5.29. The fourth-order valence-electron chi connectivity index (χ4n) is 16.5. The third-order valence-corrected chi connectivity index (χ3v) is 22.1. The van der Waals surface area contributed by atoms with Crippen molar-refractivity contribution in [2.24, 2.45) is 0 Å². The predicted molar refractivity (Wildman–Crippen MR) is 457 cm³/mol. The number of pyridine rings is 8. The summed E-state index contributed by atoms with van der Waals surface area (Å²) in [4.78, 5) is 40.1. The lowest BCUT2D eigenvalue weighted by molar-refractivity contribution is 1.37. The van der Waals surface area contributed by atoms with Gasteiger partial charge in [0.2, 0.25) is 0 Å². The van der Waals surface area contributed by atoms with Crippen molar-refractivity contribution in [3.8, 4) is 89.8 Å². The normalized spacial score (nSPS) is 11.8. The molecule has 0 fully saturated rings. The lowest BCUT2D eigenvalue weighted by atomic mass is 9.90. The van der Waals surface area contributed by atoms with Crippen molar-refractivity contribution in [2.75, 3.05) is 0 Å². The summed E-state index contributed by atoms with van der Waals surface area (Å²) in [5, 5.41) is 21.0. The zero-order chi connectivity index (χ0) is 72.3. The maximum atomic E-state index is 5.29. The monoisotopic (exact) mass is 1400 g/mol. The van der Waals surface area contributed by atoms with Crippen molar-refractivity contribution in [1.82, 2.24) is 39.9 Å². The molecule has 8 heteroatoms. The third-order valence-electron chi connectivity index (χ3n) is 22.1. The van der Waals surface area contributed by atoms with Crippen LogP contribution in [0.4, 0.5) is 0 Å². The molecule has 0 radical (unpaired) electrons. The van der Waals surface area contributed by atoms with E-state index in [0.717, 1.165) is 199 Å². The molecular weight excluding hydrogens is 1340 g/mol. The number of hydrogen-bond donors (Lipinski definition) is 0. The average Bonchev–Trinajstić information content (AvgIpc) is 0.733. The largest absolute Gasteiger partial charge is 0.254 e. The smallest absolute Gasteiger partial charge is 0.0972 e. The molecule has 8 nitrogen and oxygen atoms in total. The highest BCUT2D eigenvalue weighted by atomic mass is 14.8. The van der Waals surface area contributed by atoms with Gasteiger partial charge in [-0.2, -0.15) is 0 Å². The van der Waals surface area contributed by atoms with Crippen molar-refractivity contribution in [3.05, 3.63) is 364 Å². The van der Waals surface area contributed by atoms with Crippen molar-refractivity contribution in [1.29, 1.82) is 0 Å². The standard InChI is InChI=1S/C56H32N4.C46H28N4/c1-2-11-43-42(10-1)44(23-24-45(43)50-27-20-37-17-16-36-9-5-29-57-55(36)56(37)60-50)49-26-19-33-13-18-39(32-52(33)59-49)38-21-25-48-40(30-38)22-28-51(58-48)47-31-41-8-3-6-34-14-15-35-7-4-12-46(47)54(35)53(34)41;1-2-5-29(6-3-1)40-23-19-39-27-35(18-22-41(39)48-40)36-11-8-30-16-20-42(49-44(30)28-36)37-14-12-34-26-38(15-13-33(34)25-37)43-21-17-32-10-9-31-7-4-24-47-45(31)46(32)50-43/h1-32H;1-28H. The van der Waals surface area contributed by atoms with E-state index in [1.54, 1.807) is 0 Å². The molecule has 0 aliphatic rings. The van der Waals surface area contributed by atoms with Gasteiger partial charge < -0.3 is 0 Å². The minimum Gasteiger partial charge on any atom is -0.254 e. The van der Waals surface area contributed by atoms with E-state index in [1.807, 2.05) is 42.7 Å². The number of rotatable bonds is 8. The minimum atomic E-state index is 0.915. The molecule has 0 aliphatic heterocycles. The molecule has 0 atom stereocenters. The Balaban J connectivity index is 0.000000138. The molecule has 0 spiro atoms. The number of benzene rings is 15. The summed E-state index contributed by atoms with van der Waals surface area (Å²) in [6, 6.07) is 125. The SMILES string of the molecule is c1ccc(-c2ccc3cc(-c4ccc5ccc(-c6ccc7cc(-c8ccc9ccc%10cccnc%10c9n8)ccc7c6)nc5c4)ccc3n2)cc1.c1cnc2c(c1)ccc1ccc(-c3ccc(-c4ccc5ccc(-c6ccc7nc(-c8cc9cccc%10ccc%11cccc8c%11c%109)ccc7c6)cc5n4)c4ccccc34)nc12. The van der Waals surface area contributed by atoms with E-state index in [1.165, 1.54) is 32.3 Å². The first-order valence-corrected chi connectivity index (χ1v) is 37.1. The molecule has 110 heavy (non-hydrogen) atoms. The van der Waals surface area contributed by atoms with Crippen LogP contribution in [0.25, 0.3) is 231 Å². The Morgan fingerprint density at radius 1 is 0.155 bits per heavy atom. The molecule has 0 saturated carbocycles. The van der Waals surface area contributed by atoms with Crippen LogP contribution in [0.5, 0.6) is 0 Å². The zero-order valence-electron chi connectivity index (χ0n) is 59.2. The van der Waals surface area contributed by atoms with Crippen LogP contribution >= 0.6 is 0 Å². The predicted octanol–water partition coefficient (Wildman–Crippen LogP) is 26.3. The molecule has 15 aromatic carbocycles. The van der Waals surface area contributed by atoms with Gasteiger partial charge in [0.15, 0.2) is 0 Å². The summed E-state index contributed by atoms with van der Waals surface area (Å²) in [5.41, 5.74) is 24.4. The van der Waals surface area contributed by atoms with Crippen molar-refractivity contribution >= 4 is 141 Å². The molecule has 23 aromatic rings. The Bertz CT molecular complexity index is 7750. The molecule has 508 valence electrons. The van der Waals surface area contributed by atoms with E-state index in [9.17, 15) is 0 Å². The van der Waals surface area contributed by atoms with Crippen LogP contribution in [0.1, 0.15) is 0 Å². The van der Waals surface area contributed by atoms with Crippen LogP contribution in [0, 0.1) is 0 Å². The first kappa shape index (κ1) is 62.5. The van der Waals surface area contributed by atoms with E-state index >= 15 is 0 Å². The highest BCUT2D eigenvalue weighted by molar-refractivity contribution is 6.26. The quantitative estimate of drug-likeness (QED) is 0.139. The second-order valence-corrected chi connectivity index (χ2v) is 28.6. The minimum absolute atomic E-state index is 0.915. The van der Waals surface area contributed by atoms with Gasteiger partial charge in [0.1, 0.15) is 0 Å². The fourth-order valence-corrected chi connectivity index (χ4v) is 16.5. The molecule has 0 bridgehead atoms. The van der Waals surface area contributed by atoms with Gasteiger partial charge in [-0.1, -0.05) is 249 Å². The van der Waals surface area contributed by atoms with Gasteiger partial charge >= 0.3 is 0 Å². The van der Waals surface area contributed by atoms with Gasteiger partial charge in [-0.3, -0.25) is 9.97 Å². The Hall–Kier alpha value is -14.9. The summed E-state index contributed by atoms with van der Waals surface area (Å²) in [6.45, 7) is 0. The number of nitrogens with zero attached hydrogens (tertiary/aromatic N) is 8. The fraction of sp³-hybridized carbons (Fsp3) is 0. The van der Waals surface area contributed by atoms with Crippen molar-refractivity contribution < 1.29 is 0 Å². The first-order chi connectivity index (χ1) is 54.4. The molecule has 23 rings (SSSR count). The summed E-state index contributed by atoms with van der Waals surface area (Å²) >= 11 is 0. The summed E-state index contributed by atoms with van der Waals surface area (Å²) in [7, 11) is 0. The van der Waals surface area contributed by atoms with Crippen molar-refractivity contribution in [2.45, 2.75) is 0 Å². The second kappa shape index (κ2) is 25.4. The Labute approximate surface area is 631 Å². The van der Waals surface area contributed by atoms with Crippen LogP contribution < -0.4 is 0 Å².